The summed E-state index contributed by atoms with van der Waals surface area (Å²) >= 11 is 2.76. The maximum atomic E-state index is 12.8. The Morgan fingerprint density at radius 1 is 0.462 bits per heavy atom. The van der Waals surface area contributed by atoms with Gasteiger partial charge in [-0.15, -0.1) is 0 Å². The summed E-state index contributed by atoms with van der Waals surface area (Å²) in [5, 5.41) is 20.3. The van der Waals surface area contributed by atoms with Crippen LogP contribution in [-0.4, -0.2) is 19.9 Å². The molecule has 250 valence electrons. The van der Waals surface area contributed by atoms with Gasteiger partial charge in [0.1, 0.15) is 23.3 Å². The molecule has 2 N–H and O–H groups in total. The monoisotopic (exact) mass is 712 g/mol. The maximum absolute atomic E-state index is 12.8. The molecule has 0 radical (unpaired) electrons. The van der Waals surface area contributed by atoms with Crippen LogP contribution in [0.1, 0.15) is 22.3 Å². The minimum atomic E-state index is -0.476. The van der Waals surface area contributed by atoms with Gasteiger partial charge in [0.05, 0.1) is 11.4 Å². The molecule has 0 amide bonds. The van der Waals surface area contributed by atoms with Crippen molar-refractivity contribution in [1.82, 2.24) is 19.9 Å². The van der Waals surface area contributed by atoms with Gasteiger partial charge in [-0.05, 0) is 33.4 Å². The second-order valence-corrected chi connectivity index (χ2v) is 13.6. The Hall–Kier alpha value is -6.46. The molecule has 0 unspecified atom stereocenters. The zero-order chi connectivity index (χ0) is 35.9. The van der Waals surface area contributed by atoms with Crippen LogP contribution in [0, 0.1) is 22.7 Å². The Kier molecular flexibility index (Phi) is 10.2. The van der Waals surface area contributed by atoms with Crippen molar-refractivity contribution >= 4 is 23.5 Å². The molecule has 0 aliphatic rings. The number of nitrogens with zero attached hydrogens (tertiary/aromatic N) is 4. The lowest BCUT2D eigenvalue weighted by molar-refractivity contribution is 0.934. The van der Waals surface area contributed by atoms with Gasteiger partial charge in [0.15, 0.2) is 10.3 Å². The van der Waals surface area contributed by atoms with E-state index < -0.39 is 11.1 Å². The molecule has 2 heterocycles. The summed E-state index contributed by atoms with van der Waals surface area (Å²) in [5.74, 6) is 1.09. The number of benzene rings is 5. The predicted molar refractivity (Wildman–Crippen MR) is 206 cm³/mol. The molecule has 0 atom stereocenters. The first-order valence-corrected chi connectivity index (χ1v) is 18.2. The van der Waals surface area contributed by atoms with E-state index in [4.69, 9.17) is 0 Å². The summed E-state index contributed by atoms with van der Waals surface area (Å²) in [4.78, 5) is 40.5. The van der Waals surface area contributed by atoms with Crippen LogP contribution in [0.3, 0.4) is 0 Å². The van der Waals surface area contributed by atoms with Gasteiger partial charge < -0.3 is 9.97 Å². The van der Waals surface area contributed by atoms with E-state index in [0.717, 1.165) is 33.4 Å². The highest BCUT2D eigenvalue weighted by atomic mass is 32.2. The van der Waals surface area contributed by atoms with Crippen LogP contribution in [0.5, 0.6) is 0 Å². The fourth-order valence-corrected chi connectivity index (χ4v) is 7.24. The highest BCUT2D eigenvalue weighted by molar-refractivity contribution is 7.98. The molecule has 0 bridgehead atoms. The molecule has 7 rings (SSSR count). The fraction of sp³-hybridized carbons (Fsp3) is 0.0476. The van der Waals surface area contributed by atoms with E-state index in [1.165, 1.54) is 23.5 Å². The first-order valence-electron chi connectivity index (χ1n) is 16.2. The molecule has 2 aromatic heterocycles. The number of nitrogens with one attached hydrogen (secondary N) is 2. The largest absolute Gasteiger partial charge is 0.300 e. The average molecular weight is 713 g/mol. The van der Waals surface area contributed by atoms with Gasteiger partial charge >= 0.3 is 0 Å². The Bertz CT molecular complexity index is 2380. The van der Waals surface area contributed by atoms with E-state index >= 15 is 0 Å². The number of aromatic amines is 2. The fourth-order valence-electron chi connectivity index (χ4n) is 5.60. The number of H-pyrrole nitrogens is 2. The third kappa shape index (κ3) is 7.64. The lowest BCUT2D eigenvalue weighted by Crippen LogP contribution is -2.14. The third-order valence-corrected chi connectivity index (χ3v) is 10.2. The molecule has 0 aliphatic heterocycles. The second-order valence-electron chi connectivity index (χ2n) is 11.7. The molecule has 10 heteroatoms. The smallest absolute Gasteiger partial charge is 0.270 e. The standard InChI is InChI=1S/C42H28N6O2S2/c43-23-35-37(33-19-15-31(16-20-33)29-7-3-1-4-8-29)45-41(47-39(35)49)51-25-27-11-13-28(14-12-27)26-52-42-46-38(36(24-44)40(50)48-42)34-21-17-32(18-22-34)30-9-5-2-6-10-30/h1-22H,25-26H2,(H,45,47,49)(H,46,48,50). The Labute approximate surface area is 307 Å². The van der Waals surface area contributed by atoms with Crippen molar-refractivity contribution in [1.29, 1.82) is 10.5 Å². The van der Waals surface area contributed by atoms with E-state index in [-0.39, 0.29) is 11.1 Å². The molecule has 5 aromatic carbocycles. The second kappa shape index (κ2) is 15.6. The Balaban J connectivity index is 1.02. The molecule has 0 saturated carbocycles. The quantitative estimate of drug-likeness (QED) is 0.106. The van der Waals surface area contributed by atoms with Gasteiger partial charge in [-0.1, -0.05) is 157 Å². The topological polar surface area (TPSA) is 139 Å². The van der Waals surface area contributed by atoms with Gasteiger partial charge in [0.25, 0.3) is 11.1 Å². The summed E-state index contributed by atoms with van der Waals surface area (Å²) in [5.41, 5.74) is 7.33. The molecule has 7 aromatic rings. The van der Waals surface area contributed by atoms with E-state index in [0.29, 0.717) is 44.3 Å². The summed E-state index contributed by atoms with van der Waals surface area (Å²) in [7, 11) is 0. The van der Waals surface area contributed by atoms with E-state index in [2.05, 4.69) is 19.9 Å². The average Bonchev–Trinajstić information content (AvgIpc) is 3.20. The van der Waals surface area contributed by atoms with Crippen molar-refractivity contribution < 1.29 is 0 Å². The minimum Gasteiger partial charge on any atom is -0.300 e. The van der Waals surface area contributed by atoms with Crippen molar-refractivity contribution in [2.75, 3.05) is 0 Å². The molecule has 0 saturated heterocycles. The van der Waals surface area contributed by atoms with Crippen LogP contribution < -0.4 is 11.1 Å². The van der Waals surface area contributed by atoms with Crippen LogP contribution in [0.25, 0.3) is 44.8 Å². The van der Waals surface area contributed by atoms with Crippen molar-refractivity contribution in [3.63, 3.8) is 0 Å². The van der Waals surface area contributed by atoms with Crippen LogP contribution in [0.15, 0.2) is 153 Å². The zero-order valence-corrected chi connectivity index (χ0v) is 29.2. The van der Waals surface area contributed by atoms with Crippen LogP contribution in [-0.2, 0) is 11.5 Å². The van der Waals surface area contributed by atoms with E-state index in [1.807, 2.05) is 146 Å². The first-order chi connectivity index (χ1) is 25.5. The molecule has 0 fully saturated rings. The molecular weight excluding hydrogens is 685 g/mol. The minimum absolute atomic E-state index is 0.0233. The van der Waals surface area contributed by atoms with Crippen LogP contribution in [0.2, 0.25) is 0 Å². The summed E-state index contributed by atoms with van der Waals surface area (Å²) in [6.07, 6.45) is 0. The van der Waals surface area contributed by atoms with Gasteiger partial charge in [-0.2, -0.15) is 10.5 Å². The van der Waals surface area contributed by atoms with Gasteiger partial charge in [0, 0.05) is 22.6 Å². The maximum Gasteiger partial charge on any atom is 0.270 e. The van der Waals surface area contributed by atoms with Crippen molar-refractivity contribution in [3.8, 4) is 56.9 Å². The van der Waals surface area contributed by atoms with Gasteiger partial charge in [0.2, 0.25) is 0 Å². The summed E-state index contributed by atoms with van der Waals surface area (Å²) < 4.78 is 0. The van der Waals surface area contributed by atoms with Crippen LogP contribution in [0.4, 0.5) is 0 Å². The summed E-state index contributed by atoms with van der Waals surface area (Å²) in [6, 6.07) is 47.3. The van der Waals surface area contributed by atoms with Crippen molar-refractivity contribution in [2.24, 2.45) is 0 Å². The molecular formula is C42H28N6O2S2. The zero-order valence-electron chi connectivity index (χ0n) is 27.5. The molecule has 8 nitrogen and oxygen atoms in total. The number of aromatic nitrogens is 4. The third-order valence-electron chi connectivity index (χ3n) is 8.32. The first kappa shape index (κ1) is 34.0. The molecule has 0 spiro atoms. The van der Waals surface area contributed by atoms with Gasteiger partial charge in [-0.3, -0.25) is 9.59 Å². The predicted octanol–water partition coefficient (Wildman–Crippen LogP) is 8.85. The number of nitriles is 2. The highest BCUT2D eigenvalue weighted by Gasteiger charge is 2.16. The van der Waals surface area contributed by atoms with E-state index in [1.54, 1.807) is 0 Å². The van der Waals surface area contributed by atoms with Gasteiger partial charge in [-0.25, -0.2) is 9.97 Å². The number of rotatable bonds is 10. The van der Waals surface area contributed by atoms with Crippen molar-refractivity contribution in [2.45, 2.75) is 21.8 Å². The number of hydrogen-bond donors (Lipinski definition) is 2. The van der Waals surface area contributed by atoms with Crippen molar-refractivity contribution in [3.05, 3.63) is 176 Å². The summed E-state index contributed by atoms with van der Waals surface area (Å²) in [6.45, 7) is 0. The Morgan fingerprint density at radius 3 is 1.13 bits per heavy atom. The molecule has 0 aliphatic carbocycles. The SMILES string of the molecule is N#Cc1c(-c2ccc(-c3ccccc3)cc2)nc(SCc2ccc(CSc3nc(-c4ccc(-c5ccccc5)cc4)c(C#N)c(=O)[nH]3)cc2)[nH]c1=O. The lowest BCUT2D eigenvalue weighted by Gasteiger charge is -2.09. The Morgan fingerprint density at radius 2 is 0.788 bits per heavy atom. The van der Waals surface area contributed by atoms with E-state index in [9.17, 15) is 20.1 Å². The van der Waals surface area contributed by atoms with Crippen LogP contribution >= 0.6 is 23.5 Å². The highest BCUT2D eigenvalue weighted by Crippen LogP contribution is 2.29. The molecule has 52 heavy (non-hydrogen) atoms. The number of hydrogen-bond acceptors (Lipinski definition) is 8. The lowest BCUT2D eigenvalue weighted by atomic mass is 10.0. The normalized spacial score (nSPS) is 10.7. The number of thioether (sulfide) groups is 2.